The molecule has 0 saturated heterocycles. The van der Waals surface area contributed by atoms with Crippen LogP contribution in [-0.2, 0) is 0 Å². The van der Waals surface area contributed by atoms with E-state index >= 15 is 0 Å². The van der Waals surface area contributed by atoms with Crippen LogP contribution in [0.25, 0.3) is 0 Å². The topological polar surface area (TPSA) is 37.3 Å². The molecule has 1 fully saturated rings. The van der Waals surface area contributed by atoms with E-state index in [9.17, 15) is 0 Å². The van der Waals surface area contributed by atoms with Gasteiger partial charge in [-0.25, -0.2) is 4.98 Å². The highest BCUT2D eigenvalue weighted by molar-refractivity contribution is 7.11. The quantitative estimate of drug-likeness (QED) is 0.567. The summed E-state index contributed by atoms with van der Waals surface area (Å²) in [5.74, 6) is 0. The average Bonchev–Trinajstić information content (AvgIpc) is 2.78. The predicted molar refractivity (Wildman–Crippen MR) is 50.6 cm³/mol. The van der Waals surface area contributed by atoms with Crippen molar-refractivity contribution >= 4 is 17.6 Å². The van der Waals surface area contributed by atoms with Gasteiger partial charge in [-0.05, 0) is 19.8 Å². The van der Waals surface area contributed by atoms with Gasteiger partial charge in [-0.3, -0.25) is 0 Å². The summed E-state index contributed by atoms with van der Waals surface area (Å²) < 4.78 is 0. The van der Waals surface area contributed by atoms with Crippen LogP contribution in [0.15, 0.2) is 10.6 Å². The summed E-state index contributed by atoms with van der Waals surface area (Å²) in [6, 6.07) is 0.634. The molecule has 0 spiro atoms. The normalized spacial score (nSPS) is 17.1. The maximum atomic E-state index is 4.13. The smallest absolute Gasteiger partial charge is 0.0801 e. The van der Waals surface area contributed by atoms with Gasteiger partial charge in [-0.15, -0.1) is 11.3 Å². The van der Waals surface area contributed by atoms with Crippen molar-refractivity contribution in [2.24, 2.45) is 5.10 Å². The van der Waals surface area contributed by atoms with E-state index < -0.39 is 0 Å². The lowest BCUT2D eigenvalue weighted by Crippen LogP contribution is -2.07. The average molecular weight is 181 g/mol. The van der Waals surface area contributed by atoms with Gasteiger partial charge in [0.1, 0.15) is 0 Å². The van der Waals surface area contributed by atoms with E-state index in [0.29, 0.717) is 6.04 Å². The van der Waals surface area contributed by atoms with E-state index in [-0.39, 0.29) is 0 Å². The Bertz CT molecular complexity index is 288. The Morgan fingerprint density at radius 3 is 3.17 bits per heavy atom. The minimum Gasteiger partial charge on any atom is -0.307 e. The Morgan fingerprint density at radius 2 is 2.58 bits per heavy atom. The van der Waals surface area contributed by atoms with Gasteiger partial charge in [0.25, 0.3) is 0 Å². The third-order valence-corrected chi connectivity index (χ3v) is 2.66. The summed E-state index contributed by atoms with van der Waals surface area (Å²) in [6.45, 7) is 2.00. The van der Waals surface area contributed by atoms with Gasteiger partial charge >= 0.3 is 0 Å². The van der Waals surface area contributed by atoms with Gasteiger partial charge < -0.3 is 5.43 Å². The van der Waals surface area contributed by atoms with Crippen LogP contribution in [-0.4, -0.2) is 17.2 Å². The van der Waals surface area contributed by atoms with Crippen LogP contribution >= 0.6 is 11.3 Å². The molecule has 0 bridgehead atoms. The minimum atomic E-state index is 0.634. The summed E-state index contributed by atoms with van der Waals surface area (Å²) in [5, 5.41) is 4.13. The zero-order valence-electron chi connectivity index (χ0n) is 6.95. The van der Waals surface area contributed by atoms with Crippen LogP contribution in [0.5, 0.6) is 0 Å². The van der Waals surface area contributed by atoms with Gasteiger partial charge in [0, 0.05) is 6.04 Å². The highest BCUT2D eigenvalue weighted by atomic mass is 32.1. The number of hydrogen-bond acceptors (Lipinski definition) is 4. The Morgan fingerprint density at radius 1 is 1.75 bits per heavy atom. The van der Waals surface area contributed by atoms with Crippen molar-refractivity contribution in [2.45, 2.75) is 25.8 Å². The van der Waals surface area contributed by atoms with Crippen LogP contribution < -0.4 is 5.43 Å². The third-order valence-electron chi connectivity index (χ3n) is 1.80. The lowest BCUT2D eigenvalue weighted by atomic mass is 10.4. The Balaban J connectivity index is 1.92. The number of hydrogen-bond donors (Lipinski definition) is 1. The number of aryl methyl sites for hydroxylation is 1. The third kappa shape index (κ3) is 1.82. The molecule has 1 aromatic rings. The number of aromatic nitrogens is 1. The minimum absolute atomic E-state index is 0.634. The molecule has 1 N–H and O–H groups in total. The highest BCUT2D eigenvalue weighted by Gasteiger charge is 2.19. The molecule has 64 valence electrons. The second-order valence-corrected chi connectivity index (χ2v) is 3.85. The molecular formula is C8H11N3S. The number of nitrogens with zero attached hydrogens (tertiary/aromatic N) is 2. The molecule has 1 saturated carbocycles. The number of hydrazone groups is 1. The SMILES string of the molecule is Cc1ncsc1/C=N/NC1CC1. The van der Waals surface area contributed by atoms with Gasteiger partial charge in [-0.2, -0.15) is 5.10 Å². The molecule has 0 atom stereocenters. The van der Waals surface area contributed by atoms with Crippen molar-refractivity contribution in [3.63, 3.8) is 0 Å². The van der Waals surface area contributed by atoms with Gasteiger partial charge in [0.15, 0.2) is 0 Å². The number of nitrogens with one attached hydrogen (secondary N) is 1. The van der Waals surface area contributed by atoms with Crippen LogP contribution in [0, 0.1) is 6.92 Å². The molecule has 12 heavy (non-hydrogen) atoms. The summed E-state index contributed by atoms with van der Waals surface area (Å²) in [4.78, 5) is 5.27. The van der Waals surface area contributed by atoms with E-state index in [1.807, 2.05) is 18.6 Å². The number of rotatable bonds is 3. The zero-order chi connectivity index (χ0) is 8.39. The standard InChI is InChI=1S/C8H11N3S/c1-6-8(12-5-9-6)4-10-11-7-2-3-7/h4-5,7,11H,2-3H2,1H3/b10-4+. The van der Waals surface area contributed by atoms with Crippen molar-refractivity contribution in [1.82, 2.24) is 10.4 Å². The zero-order valence-corrected chi connectivity index (χ0v) is 7.77. The van der Waals surface area contributed by atoms with Crippen molar-refractivity contribution in [1.29, 1.82) is 0 Å². The fraction of sp³-hybridized carbons (Fsp3) is 0.500. The first kappa shape index (κ1) is 7.73. The number of thiazole rings is 1. The van der Waals surface area contributed by atoms with E-state index in [1.165, 1.54) is 12.8 Å². The lowest BCUT2D eigenvalue weighted by Gasteiger charge is -1.92. The summed E-state index contributed by atoms with van der Waals surface area (Å²) >= 11 is 1.62. The predicted octanol–water partition coefficient (Wildman–Crippen LogP) is 1.54. The molecule has 1 aromatic heterocycles. The molecule has 0 unspecified atom stereocenters. The largest absolute Gasteiger partial charge is 0.307 e. The monoisotopic (exact) mass is 181 g/mol. The summed E-state index contributed by atoms with van der Waals surface area (Å²) in [6.07, 6.45) is 4.38. The van der Waals surface area contributed by atoms with E-state index in [4.69, 9.17) is 0 Å². The molecule has 1 aliphatic carbocycles. The Labute approximate surface area is 75.5 Å². The molecule has 0 amide bonds. The van der Waals surface area contributed by atoms with Crippen LogP contribution in [0.1, 0.15) is 23.4 Å². The van der Waals surface area contributed by atoms with E-state index in [2.05, 4.69) is 15.5 Å². The molecule has 1 aliphatic rings. The fourth-order valence-corrected chi connectivity index (χ4v) is 1.51. The van der Waals surface area contributed by atoms with Gasteiger partial charge in [0.2, 0.25) is 0 Å². The van der Waals surface area contributed by atoms with Crippen molar-refractivity contribution in [3.8, 4) is 0 Å². The van der Waals surface area contributed by atoms with E-state index in [0.717, 1.165) is 10.6 Å². The molecular weight excluding hydrogens is 170 g/mol. The Kier molecular flexibility index (Phi) is 2.08. The molecule has 4 heteroatoms. The van der Waals surface area contributed by atoms with Crippen molar-refractivity contribution in [3.05, 3.63) is 16.1 Å². The maximum Gasteiger partial charge on any atom is 0.0801 e. The molecule has 0 aromatic carbocycles. The lowest BCUT2D eigenvalue weighted by molar-refractivity contribution is 0.741. The second kappa shape index (κ2) is 3.23. The van der Waals surface area contributed by atoms with Crippen molar-refractivity contribution in [2.75, 3.05) is 0 Å². The van der Waals surface area contributed by atoms with E-state index in [1.54, 1.807) is 11.3 Å². The maximum absolute atomic E-state index is 4.13. The summed E-state index contributed by atoms with van der Waals surface area (Å²) in [5.41, 5.74) is 5.97. The van der Waals surface area contributed by atoms with Crippen LogP contribution in [0.3, 0.4) is 0 Å². The van der Waals surface area contributed by atoms with Crippen LogP contribution in [0.2, 0.25) is 0 Å². The van der Waals surface area contributed by atoms with Crippen molar-refractivity contribution < 1.29 is 0 Å². The Hall–Kier alpha value is -0.900. The molecule has 0 aliphatic heterocycles. The summed E-state index contributed by atoms with van der Waals surface area (Å²) in [7, 11) is 0. The molecule has 0 radical (unpaired) electrons. The van der Waals surface area contributed by atoms with Gasteiger partial charge in [-0.1, -0.05) is 0 Å². The molecule has 1 heterocycles. The molecule has 3 nitrogen and oxygen atoms in total. The van der Waals surface area contributed by atoms with Gasteiger partial charge in [0.05, 0.1) is 22.3 Å². The molecule has 2 rings (SSSR count). The second-order valence-electron chi connectivity index (χ2n) is 2.96. The first-order valence-corrected chi connectivity index (χ1v) is 4.93. The fourth-order valence-electron chi connectivity index (χ4n) is 0.849. The first-order chi connectivity index (χ1) is 5.86. The first-order valence-electron chi connectivity index (χ1n) is 4.05. The van der Waals surface area contributed by atoms with Crippen LogP contribution in [0.4, 0.5) is 0 Å². The highest BCUT2D eigenvalue weighted by Crippen LogP contribution is 2.18.